The number of rotatable bonds is 8. The van der Waals surface area contributed by atoms with E-state index in [1.807, 2.05) is 19.1 Å². The van der Waals surface area contributed by atoms with Crippen molar-refractivity contribution in [3.05, 3.63) is 29.3 Å². The molecule has 0 radical (unpaired) electrons. The summed E-state index contributed by atoms with van der Waals surface area (Å²) in [4.78, 5) is 16.7. The second-order valence-corrected chi connectivity index (χ2v) is 8.34. The molecule has 0 saturated carbocycles. The molecule has 2 heterocycles. The molecule has 0 aliphatic carbocycles. The number of ether oxygens (including phenoxy) is 2. The van der Waals surface area contributed by atoms with Gasteiger partial charge in [-0.15, -0.1) is 21.5 Å². The number of carbonyl (C=O) groups is 1. The highest BCUT2D eigenvalue weighted by atomic mass is 32.2. The molecule has 2 N–H and O–H groups in total. The van der Waals surface area contributed by atoms with Crippen molar-refractivity contribution in [2.45, 2.75) is 11.3 Å². The lowest BCUT2D eigenvalue weighted by Gasteiger charge is -2.10. The van der Waals surface area contributed by atoms with E-state index in [2.05, 4.69) is 25.8 Å². The van der Waals surface area contributed by atoms with Crippen molar-refractivity contribution >= 4 is 56.3 Å². The molecule has 0 aliphatic rings. The SMILES string of the molecule is CCSc1nnc(NC(=O)c2csc(Nc3ccc(OC)cc3OC)n2)s1. The van der Waals surface area contributed by atoms with Crippen LogP contribution < -0.4 is 20.1 Å². The summed E-state index contributed by atoms with van der Waals surface area (Å²) in [6, 6.07) is 5.41. The fourth-order valence-corrected chi connectivity index (χ4v) is 4.40. The van der Waals surface area contributed by atoms with Crippen LogP contribution in [0.2, 0.25) is 0 Å². The topological polar surface area (TPSA) is 98.3 Å². The van der Waals surface area contributed by atoms with Gasteiger partial charge in [0.1, 0.15) is 17.2 Å². The van der Waals surface area contributed by atoms with Gasteiger partial charge in [-0.1, -0.05) is 30.0 Å². The summed E-state index contributed by atoms with van der Waals surface area (Å²) < 4.78 is 11.4. The Balaban J connectivity index is 1.68. The van der Waals surface area contributed by atoms with Gasteiger partial charge in [0.2, 0.25) is 5.13 Å². The van der Waals surface area contributed by atoms with Gasteiger partial charge in [-0.3, -0.25) is 10.1 Å². The normalized spacial score (nSPS) is 10.5. The number of methoxy groups -OCH3 is 2. The zero-order valence-electron chi connectivity index (χ0n) is 14.8. The Morgan fingerprint density at radius 1 is 1.22 bits per heavy atom. The number of thiazole rings is 1. The zero-order valence-corrected chi connectivity index (χ0v) is 17.3. The summed E-state index contributed by atoms with van der Waals surface area (Å²) in [7, 11) is 3.17. The molecule has 3 aromatic rings. The minimum Gasteiger partial charge on any atom is -0.497 e. The van der Waals surface area contributed by atoms with Crippen molar-refractivity contribution in [1.82, 2.24) is 15.2 Å². The first kappa shape index (κ1) is 19.4. The smallest absolute Gasteiger partial charge is 0.277 e. The first-order valence-corrected chi connectivity index (χ1v) is 10.5. The molecule has 0 unspecified atom stereocenters. The van der Waals surface area contributed by atoms with Gasteiger partial charge in [0.15, 0.2) is 9.47 Å². The van der Waals surface area contributed by atoms with Crippen LogP contribution in [-0.2, 0) is 0 Å². The minimum absolute atomic E-state index is 0.301. The Morgan fingerprint density at radius 2 is 2.07 bits per heavy atom. The predicted octanol–water partition coefficient (Wildman–Crippen LogP) is 4.12. The largest absolute Gasteiger partial charge is 0.497 e. The van der Waals surface area contributed by atoms with Crippen molar-refractivity contribution in [2.75, 3.05) is 30.6 Å². The molecule has 1 amide bonds. The molecule has 1 aromatic carbocycles. The maximum absolute atomic E-state index is 12.3. The molecular weight excluding hydrogens is 406 g/mol. The number of amides is 1. The molecule has 11 heteroatoms. The van der Waals surface area contributed by atoms with Gasteiger partial charge < -0.3 is 14.8 Å². The van der Waals surface area contributed by atoms with E-state index in [0.29, 0.717) is 27.5 Å². The van der Waals surface area contributed by atoms with Crippen molar-refractivity contribution in [3.63, 3.8) is 0 Å². The third-order valence-electron chi connectivity index (χ3n) is 3.28. The van der Waals surface area contributed by atoms with Crippen LogP contribution in [0.4, 0.5) is 16.0 Å². The highest BCUT2D eigenvalue weighted by molar-refractivity contribution is 8.01. The van der Waals surface area contributed by atoms with Crippen LogP contribution in [0.15, 0.2) is 27.9 Å². The van der Waals surface area contributed by atoms with Gasteiger partial charge in [0.25, 0.3) is 5.91 Å². The number of thioether (sulfide) groups is 1. The van der Waals surface area contributed by atoms with Crippen LogP contribution in [0.5, 0.6) is 11.5 Å². The summed E-state index contributed by atoms with van der Waals surface area (Å²) in [5, 5.41) is 16.5. The van der Waals surface area contributed by atoms with Gasteiger partial charge in [-0.25, -0.2) is 4.98 Å². The number of benzene rings is 1. The van der Waals surface area contributed by atoms with Crippen LogP contribution in [0.1, 0.15) is 17.4 Å². The number of hydrogen-bond donors (Lipinski definition) is 2. The monoisotopic (exact) mass is 423 g/mol. The number of aromatic nitrogens is 3. The quantitative estimate of drug-likeness (QED) is 0.412. The number of nitrogens with one attached hydrogen (secondary N) is 2. The van der Waals surface area contributed by atoms with E-state index in [4.69, 9.17) is 9.47 Å². The van der Waals surface area contributed by atoms with E-state index in [0.717, 1.165) is 15.8 Å². The number of anilines is 3. The van der Waals surface area contributed by atoms with E-state index in [1.54, 1.807) is 37.4 Å². The summed E-state index contributed by atoms with van der Waals surface area (Å²) in [5.74, 6) is 1.88. The van der Waals surface area contributed by atoms with Crippen LogP contribution in [0.25, 0.3) is 0 Å². The second kappa shape index (κ2) is 9.02. The summed E-state index contributed by atoms with van der Waals surface area (Å²) in [6.07, 6.45) is 0. The van der Waals surface area contributed by atoms with E-state index < -0.39 is 0 Å². The average molecular weight is 424 g/mol. The van der Waals surface area contributed by atoms with Crippen LogP contribution in [0, 0.1) is 0 Å². The Morgan fingerprint density at radius 3 is 2.81 bits per heavy atom. The fourth-order valence-electron chi connectivity index (χ4n) is 2.06. The average Bonchev–Trinajstić information content (AvgIpc) is 3.32. The van der Waals surface area contributed by atoms with Crippen LogP contribution in [0.3, 0.4) is 0 Å². The predicted molar refractivity (Wildman–Crippen MR) is 109 cm³/mol. The highest BCUT2D eigenvalue weighted by Gasteiger charge is 2.15. The first-order chi connectivity index (χ1) is 13.1. The Kier molecular flexibility index (Phi) is 6.48. The second-order valence-electron chi connectivity index (χ2n) is 4.99. The Bertz CT molecular complexity index is 928. The Hall–Kier alpha value is -2.37. The molecule has 0 aliphatic heterocycles. The molecule has 8 nitrogen and oxygen atoms in total. The van der Waals surface area contributed by atoms with Crippen molar-refractivity contribution in [3.8, 4) is 11.5 Å². The third kappa shape index (κ3) is 4.87. The standard InChI is InChI=1S/C16H17N5O3S3/c1-4-25-16-21-20-15(27-16)19-13(22)11-8-26-14(18-11)17-10-6-5-9(23-2)7-12(10)24-3/h5-8H,4H2,1-3H3,(H,17,18)(H,19,20,22). The van der Waals surface area contributed by atoms with E-state index in [9.17, 15) is 4.79 Å². The maximum Gasteiger partial charge on any atom is 0.277 e. The van der Waals surface area contributed by atoms with E-state index >= 15 is 0 Å². The number of carbonyl (C=O) groups excluding carboxylic acids is 1. The molecule has 0 atom stereocenters. The van der Waals surface area contributed by atoms with Gasteiger partial charge in [0, 0.05) is 11.4 Å². The molecule has 3 rings (SSSR count). The lowest BCUT2D eigenvalue weighted by molar-refractivity contribution is 0.102. The molecule has 27 heavy (non-hydrogen) atoms. The van der Waals surface area contributed by atoms with Gasteiger partial charge in [-0.05, 0) is 17.9 Å². The van der Waals surface area contributed by atoms with Gasteiger partial charge >= 0.3 is 0 Å². The lowest BCUT2D eigenvalue weighted by atomic mass is 10.3. The zero-order chi connectivity index (χ0) is 19.2. The van der Waals surface area contributed by atoms with Gasteiger partial charge in [-0.2, -0.15) is 0 Å². The van der Waals surface area contributed by atoms with Crippen molar-refractivity contribution in [1.29, 1.82) is 0 Å². The fraction of sp³-hybridized carbons (Fsp3) is 0.250. The molecule has 0 saturated heterocycles. The summed E-state index contributed by atoms with van der Waals surface area (Å²) in [6.45, 7) is 2.03. The molecule has 142 valence electrons. The van der Waals surface area contributed by atoms with Gasteiger partial charge in [0.05, 0.1) is 19.9 Å². The lowest BCUT2D eigenvalue weighted by Crippen LogP contribution is -2.12. The Labute approximate surface area is 168 Å². The maximum atomic E-state index is 12.3. The minimum atomic E-state index is -0.329. The highest BCUT2D eigenvalue weighted by Crippen LogP contribution is 2.32. The van der Waals surface area contributed by atoms with Crippen molar-refractivity contribution < 1.29 is 14.3 Å². The summed E-state index contributed by atoms with van der Waals surface area (Å²) in [5.41, 5.74) is 1.03. The molecule has 0 fully saturated rings. The number of hydrogen-bond acceptors (Lipinski definition) is 10. The molecule has 2 aromatic heterocycles. The van der Waals surface area contributed by atoms with Crippen molar-refractivity contribution in [2.24, 2.45) is 0 Å². The summed E-state index contributed by atoms with van der Waals surface area (Å²) >= 11 is 4.24. The molecular formula is C16H17N5O3S3. The third-order valence-corrected chi connectivity index (χ3v) is 5.89. The number of nitrogens with zero attached hydrogens (tertiary/aromatic N) is 3. The molecule has 0 bridgehead atoms. The van der Waals surface area contributed by atoms with Crippen LogP contribution >= 0.6 is 34.4 Å². The molecule has 0 spiro atoms. The van der Waals surface area contributed by atoms with Crippen LogP contribution in [-0.4, -0.2) is 41.1 Å². The van der Waals surface area contributed by atoms with E-state index in [-0.39, 0.29) is 5.91 Å². The first-order valence-electron chi connectivity index (χ1n) is 7.85. The van der Waals surface area contributed by atoms with E-state index in [1.165, 1.54) is 22.7 Å².